The van der Waals surface area contributed by atoms with E-state index in [2.05, 4.69) is 21.1 Å². The second kappa shape index (κ2) is 6.36. The molecule has 1 aromatic carbocycles. The van der Waals surface area contributed by atoms with Crippen LogP contribution in [0.15, 0.2) is 40.7 Å². The summed E-state index contributed by atoms with van der Waals surface area (Å²) in [4.78, 5) is 28.6. The largest absolute Gasteiger partial charge is 0.416 e. The van der Waals surface area contributed by atoms with Gasteiger partial charge in [0.1, 0.15) is 11.9 Å². The fourth-order valence-electron chi connectivity index (χ4n) is 2.54. The highest BCUT2D eigenvalue weighted by molar-refractivity contribution is 6.07. The minimum absolute atomic E-state index is 0.00377. The number of alkyl halides is 3. The number of hydrogen-bond acceptors (Lipinski definition) is 5. The molecular formula is C16H16F3N5O2. The number of rotatable bonds is 2. The second-order valence-corrected chi connectivity index (χ2v) is 6.10. The Hall–Kier alpha value is -3.04. The maximum absolute atomic E-state index is 12.8. The van der Waals surface area contributed by atoms with Crippen molar-refractivity contribution in [2.45, 2.75) is 32.5 Å². The number of hydrogen-bond donors (Lipinski definition) is 3. The van der Waals surface area contributed by atoms with Crippen LogP contribution in [0.4, 0.5) is 18.9 Å². The molecule has 3 N–H and O–H groups in total. The summed E-state index contributed by atoms with van der Waals surface area (Å²) in [7, 11) is 0. The molecular weight excluding hydrogens is 351 g/mol. The number of anilines is 1. The number of amides is 2. The van der Waals surface area contributed by atoms with Gasteiger partial charge in [-0.25, -0.2) is 5.01 Å². The van der Waals surface area contributed by atoms with E-state index in [9.17, 15) is 22.8 Å². The Kier molecular flexibility index (Phi) is 4.34. The molecule has 2 aliphatic rings. The molecule has 2 heterocycles. The quantitative estimate of drug-likeness (QED) is 0.746. The molecule has 2 amide bonds. The third-order valence-electron chi connectivity index (χ3n) is 3.85. The first-order valence-corrected chi connectivity index (χ1v) is 7.75. The van der Waals surface area contributed by atoms with Crippen molar-refractivity contribution in [2.24, 2.45) is 4.99 Å². The molecule has 1 atom stereocenters. The van der Waals surface area contributed by atoms with Crippen LogP contribution in [0.1, 0.15) is 25.8 Å². The van der Waals surface area contributed by atoms with Crippen molar-refractivity contribution >= 4 is 23.5 Å². The monoisotopic (exact) mass is 367 g/mol. The van der Waals surface area contributed by atoms with Gasteiger partial charge < -0.3 is 5.32 Å². The van der Waals surface area contributed by atoms with E-state index in [0.29, 0.717) is 5.82 Å². The fraction of sp³-hybridized carbons (Fsp3) is 0.312. The molecule has 3 rings (SSSR count). The van der Waals surface area contributed by atoms with Gasteiger partial charge in [-0.05, 0) is 37.6 Å². The third-order valence-corrected chi connectivity index (χ3v) is 3.85. The third kappa shape index (κ3) is 3.48. The van der Waals surface area contributed by atoms with Gasteiger partial charge in [-0.2, -0.15) is 18.2 Å². The maximum Gasteiger partial charge on any atom is 0.416 e. The van der Waals surface area contributed by atoms with Gasteiger partial charge in [-0.3, -0.25) is 20.3 Å². The van der Waals surface area contributed by atoms with Gasteiger partial charge in [0.2, 0.25) is 17.8 Å². The van der Waals surface area contributed by atoms with Gasteiger partial charge in [-0.1, -0.05) is 6.07 Å². The molecule has 0 spiro atoms. The normalized spacial score (nSPS) is 19.3. The van der Waals surface area contributed by atoms with Crippen molar-refractivity contribution in [2.75, 3.05) is 5.32 Å². The van der Waals surface area contributed by atoms with E-state index in [0.717, 1.165) is 17.7 Å². The summed E-state index contributed by atoms with van der Waals surface area (Å²) in [5, 5.41) is 6.38. The first-order valence-electron chi connectivity index (χ1n) is 7.75. The topological polar surface area (TPSA) is 85.8 Å². The smallest absolute Gasteiger partial charge is 0.324 e. The lowest BCUT2D eigenvalue weighted by Crippen LogP contribution is -2.61. The van der Waals surface area contributed by atoms with Gasteiger partial charge in [-0.15, -0.1) is 0 Å². The standard InChI is InChI=1S/C16H16F3N5O2/c1-8(2)13-22-15-21-12(25)7-11(24(15)23-13)14(26)20-10-5-3-4-9(6-10)16(17,18)19/h3-6,11,23H,7H2,1-2H3,(H,20,26)(H,21,22,25). The van der Waals surface area contributed by atoms with Crippen LogP contribution in [-0.4, -0.2) is 28.8 Å². The molecule has 1 aromatic rings. The summed E-state index contributed by atoms with van der Waals surface area (Å²) < 4.78 is 38.4. The zero-order chi connectivity index (χ0) is 19.1. The van der Waals surface area contributed by atoms with Gasteiger partial charge in [0.25, 0.3) is 0 Å². The number of halogens is 3. The number of carbonyl (C=O) groups excluding carboxylic acids is 2. The van der Waals surface area contributed by atoms with Gasteiger partial charge in [0.15, 0.2) is 0 Å². The van der Waals surface area contributed by atoms with Crippen LogP contribution in [0.5, 0.6) is 0 Å². The first-order chi connectivity index (χ1) is 12.1. The SMILES string of the molecule is CC(C)=C1N=C2NC(=O)CC(C(=O)Nc3cccc(C(F)(F)F)c3)N2N1. The van der Waals surface area contributed by atoms with E-state index >= 15 is 0 Å². The van der Waals surface area contributed by atoms with Crippen molar-refractivity contribution in [1.29, 1.82) is 0 Å². The van der Waals surface area contributed by atoms with E-state index < -0.39 is 29.6 Å². The predicted octanol–water partition coefficient (Wildman–Crippen LogP) is 1.96. The van der Waals surface area contributed by atoms with E-state index in [1.165, 1.54) is 17.1 Å². The highest BCUT2D eigenvalue weighted by atomic mass is 19.4. The van der Waals surface area contributed by atoms with Crippen LogP contribution >= 0.6 is 0 Å². The molecule has 0 saturated carbocycles. The molecule has 0 aromatic heterocycles. The molecule has 2 aliphatic heterocycles. The number of fused-ring (bicyclic) bond motifs is 1. The molecule has 0 bridgehead atoms. The molecule has 0 radical (unpaired) electrons. The summed E-state index contributed by atoms with van der Waals surface area (Å²) in [6, 6.07) is 3.36. The summed E-state index contributed by atoms with van der Waals surface area (Å²) in [5.74, 6) is -0.337. The number of nitrogens with one attached hydrogen (secondary N) is 3. The predicted molar refractivity (Wildman–Crippen MR) is 87.4 cm³/mol. The first kappa shape index (κ1) is 17.8. The number of benzene rings is 1. The Morgan fingerprint density at radius 3 is 2.73 bits per heavy atom. The van der Waals surface area contributed by atoms with E-state index in [1.807, 2.05) is 13.8 Å². The van der Waals surface area contributed by atoms with Crippen LogP contribution in [-0.2, 0) is 15.8 Å². The van der Waals surface area contributed by atoms with Crippen molar-refractivity contribution in [3.63, 3.8) is 0 Å². The molecule has 1 saturated heterocycles. The minimum Gasteiger partial charge on any atom is -0.324 e. The summed E-state index contributed by atoms with van der Waals surface area (Å²) in [6.07, 6.45) is -4.67. The van der Waals surface area contributed by atoms with Crippen molar-refractivity contribution in [3.8, 4) is 0 Å². The highest BCUT2D eigenvalue weighted by Gasteiger charge is 2.40. The van der Waals surface area contributed by atoms with Crippen LogP contribution in [0.3, 0.4) is 0 Å². The summed E-state index contributed by atoms with van der Waals surface area (Å²) in [6.45, 7) is 3.62. The van der Waals surface area contributed by atoms with Crippen LogP contribution in [0, 0.1) is 0 Å². The van der Waals surface area contributed by atoms with E-state index in [4.69, 9.17) is 0 Å². The van der Waals surface area contributed by atoms with Crippen LogP contribution < -0.4 is 16.1 Å². The summed E-state index contributed by atoms with van der Waals surface area (Å²) in [5.41, 5.74) is 2.89. The second-order valence-electron chi connectivity index (χ2n) is 6.10. The molecule has 26 heavy (non-hydrogen) atoms. The lowest BCUT2D eigenvalue weighted by Gasteiger charge is -2.32. The Balaban J connectivity index is 1.81. The van der Waals surface area contributed by atoms with Gasteiger partial charge >= 0.3 is 6.18 Å². The molecule has 1 fully saturated rings. The van der Waals surface area contributed by atoms with Crippen molar-refractivity contribution < 1.29 is 22.8 Å². The Morgan fingerprint density at radius 2 is 2.08 bits per heavy atom. The molecule has 138 valence electrons. The highest BCUT2D eigenvalue weighted by Crippen LogP contribution is 2.30. The van der Waals surface area contributed by atoms with Crippen LogP contribution in [0.25, 0.3) is 0 Å². The van der Waals surface area contributed by atoms with Crippen molar-refractivity contribution in [3.05, 3.63) is 41.2 Å². The lowest BCUT2D eigenvalue weighted by molar-refractivity contribution is -0.137. The number of carbonyl (C=O) groups is 2. The van der Waals surface area contributed by atoms with E-state index in [-0.39, 0.29) is 18.1 Å². The number of guanidine groups is 1. The lowest BCUT2D eigenvalue weighted by atomic mass is 10.1. The van der Waals surface area contributed by atoms with Gasteiger partial charge in [0.05, 0.1) is 12.0 Å². The summed E-state index contributed by atoms with van der Waals surface area (Å²) >= 11 is 0. The van der Waals surface area contributed by atoms with Gasteiger partial charge in [0, 0.05) is 5.69 Å². The van der Waals surface area contributed by atoms with Crippen LogP contribution in [0.2, 0.25) is 0 Å². The number of aliphatic imine (C=N–C) groups is 1. The molecule has 0 aliphatic carbocycles. The van der Waals surface area contributed by atoms with Crippen molar-refractivity contribution in [1.82, 2.24) is 15.8 Å². The average molecular weight is 367 g/mol. The van der Waals surface area contributed by atoms with E-state index in [1.54, 1.807) is 0 Å². The fourth-order valence-corrected chi connectivity index (χ4v) is 2.54. The Labute approximate surface area is 146 Å². The molecule has 7 nitrogen and oxygen atoms in total. The molecule has 10 heteroatoms. The Bertz CT molecular complexity index is 827. The molecule has 1 unspecified atom stereocenters. The zero-order valence-corrected chi connectivity index (χ0v) is 13.9. The maximum atomic E-state index is 12.8. The average Bonchev–Trinajstić information content (AvgIpc) is 2.97. The number of allylic oxidation sites excluding steroid dienone is 1. The number of hydrazine groups is 1. The number of nitrogens with zero attached hydrogens (tertiary/aromatic N) is 2. The Morgan fingerprint density at radius 1 is 1.35 bits per heavy atom. The zero-order valence-electron chi connectivity index (χ0n) is 13.9. The minimum atomic E-state index is -4.51.